The van der Waals surface area contributed by atoms with Gasteiger partial charge in [-0.15, -0.1) is 0 Å². The van der Waals surface area contributed by atoms with Crippen LogP contribution in [0.4, 0.5) is 0 Å². The summed E-state index contributed by atoms with van der Waals surface area (Å²) in [6.07, 6.45) is 30.5. The molecule has 6 nitrogen and oxygen atoms in total. The minimum Gasteiger partial charge on any atom is -0.481 e. The summed E-state index contributed by atoms with van der Waals surface area (Å²) in [7, 11) is 0. The number of rotatable bonds is 33. The Labute approximate surface area is 266 Å². The van der Waals surface area contributed by atoms with Gasteiger partial charge in [0.15, 0.2) is 0 Å². The third-order valence-electron chi connectivity index (χ3n) is 8.66. The first-order valence-electron chi connectivity index (χ1n) is 18.8. The number of hydrogen-bond acceptors (Lipinski definition) is 3. The van der Waals surface area contributed by atoms with Crippen molar-refractivity contribution >= 4 is 17.8 Å². The van der Waals surface area contributed by atoms with E-state index in [4.69, 9.17) is 0 Å². The van der Waals surface area contributed by atoms with Crippen molar-refractivity contribution in [3.8, 4) is 0 Å². The van der Waals surface area contributed by atoms with Crippen molar-refractivity contribution in [1.82, 2.24) is 10.2 Å². The number of nitrogens with one attached hydrogen (secondary N) is 1. The summed E-state index contributed by atoms with van der Waals surface area (Å²) in [6, 6.07) is -0.745. The molecule has 2 amide bonds. The predicted molar refractivity (Wildman–Crippen MR) is 182 cm³/mol. The SMILES string of the molecule is CCCCCCCCCCCC(=O)NC(CCC(=O)O)C(=O)N(CCCCCCCCCC)CCCCCCCCCC. The number of aliphatic carboxylic acids is 1. The van der Waals surface area contributed by atoms with Crippen molar-refractivity contribution in [3.05, 3.63) is 0 Å². The number of carboxylic acid groups (broad SMARTS) is 1. The number of nitrogens with zero attached hydrogens (tertiary/aromatic N) is 1. The molecule has 0 bridgehead atoms. The molecule has 0 rings (SSSR count). The van der Waals surface area contributed by atoms with Crippen LogP contribution in [0.2, 0.25) is 0 Å². The highest BCUT2D eigenvalue weighted by molar-refractivity contribution is 5.88. The molecule has 0 aliphatic carbocycles. The molecular formula is C37H72N2O4. The zero-order valence-corrected chi connectivity index (χ0v) is 28.9. The lowest BCUT2D eigenvalue weighted by molar-refractivity contribution is -0.139. The highest BCUT2D eigenvalue weighted by Crippen LogP contribution is 2.14. The fourth-order valence-electron chi connectivity index (χ4n) is 5.81. The van der Waals surface area contributed by atoms with Crippen LogP contribution >= 0.6 is 0 Å². The van der Waals surface area contributed by atoms with Crippen LogP contribution < -0.4 is 5.32 Å². The molecule has 0 saturated carbocycles. The lowest BCUT2D eigenvalue weighted by atomic mass is 10.0. The first kappa shape index (κ1) is 41.4. The van der Waals surface area contributed by atoms with E-state index in [1.807, 2.05) is 4.90 Å². The number of amides is 2. The average Bonchev–Trinajstić information content (AvgIpc) is 2.99. The van der Waals surface area contributed by atoms with Gasteiger partial charge in [0, 0.05) is 25.9 Å². The van der Waals surface area contributed by atoms with Gasteiger partial charge in [-0.25, -0.2) is 0 Å². The molecule has 0 aromatic heterocycles. The van der Waals surface area contributed by atoms with E-state index in [9.17, 15) is 19.5 Å². The van der Waals surface area contributed by atoms with Gasteiger partial charge in [0.25, 0.3) is 0 Å². The van der Waals surface area contributed by atoms with Crippen LogP contribution in [0.15, 0.2) is 0 Å². The van der Waals surface area contributed by atoms with Crippen LogP contribution in [0.25, 0.3) is 0 Å². The van der Waals surface area contributed by atoms with Crippen LogP contribution in [0.3, 0.4) is 0 Å². The summed E-state index contributed by atoms with van der Waals surface area (Å²) in [5.41, 5.74) is 0. The van der Waals surface area contributed by atoms with Crippen LogP contribution in [0.5, 0.6) is 0 Å². The predicted octanol–water partition coefficient (Wildman–Crippen LogP) is 10.4. The minimum absolute atomic E-state index is 0.0902. The molecular weight excluding hydrogens is 536 g/mol. The molecule has 2 N–H and O–H groups in total. The first-order valence-corrected chi connectivity index (χ1v) is 18.8. The number of hydrogen-bond donors (Lipinski definition) is 2. The Bertz CT molecular complexity index is 635. The molecule has 6 heteroatoms. The number of carbonyl (C=O) groups is 3. The van der Waals surface area contributed by atoms with Crippen molar-refractivity contribution in [1.29, 1.82) is 0 Å². The van der Waals surface area contributed by atoms with Crippen molar-refractivity contribution in [2.75, 3.05) is 13.1 Å². The second-order valence-electron chi connectivity index (χ2n) is 12.9. The number of unbranched alkanes of at least 4 members (excludes halogenated alkanes) is 22. The fraction of sp³-hybridized carbons (Fsp3) is 0.919. The normalized spacial score (nSPS) is 11.9. The van der Waals surface area contributed by atoms with E-state index < -0.39 is 12.0 Å². The van der Waals surface area contributed by atoms with Gasteiger partial charge in [0.1, 0.15) is 6.04 Å². The molecule has 0 aliphatic heterocycles. The molecule has 0 aliphatic rings. The van der Waals surface area contributed by atoms with E-state index in [1.165, 1.54) is 116 Å². The largest absolute Gasteiger partial charge is 0.481 e. The van der Waals surface area contributed by atoms with Crippen LogP contribution in [0.1, 0.15) is 201 Å². The van der Waals surface area contributed by atoms with E-state index in [0.29, 0.717) is 19.5 Å². The highest BCUT2D eigenvalue weighted by Gasteiger charge is 2.26. The van der Waals surface area contributed by atoms with E-state index in [2.05, 4.69) is 26.1 Å². The summed E-state index contributed by atoms with van der Waals surface area (Å²) in [6.45, 7) is 8.10. The van der Waals surface area contributed by atoms with Gasteiger partial charge >= 0.3 is 5.97 Å². The van der Waals surface area contributed by atoms with Gasteiger partial charge in [-0.1, -0.05) is 162 Å². The monoisotopic (exact) mass is 609 g/mol. The molecule has 0 heterocycles. The number of carbonyl (C=O) groups excluding carboxylic acids is 2. The topological polar surface area (TPSA) is 86.7 Å². The maximum atomic E-state index is 13.7. The minimum atomic E-state index is -0.927. The van der Waals surface area contributed by atoms with Crippen molar-refractivity contribution < 1.29 is 19.5 Å². The number of carboxylic acids is 1. The zero-order chi connectivity index (χ0) is 31.8. The zero-order valence-electron chi connectivity index (χ0n) is 28.9. The Hall–Kier alpha value is -1.59. The van der Waals surface area contributed by atoms with Crippen molar-refractivity contribution in [2.45, 2.75) is 207 Å². The maximum absolute atomic E-state index is 13.7. The van der Waals surface area contributed by atoms with Crippen LogP contribution in [-0.2, 0) is 14.4 Å². The Kier molecular flexibility index (Phi) is 30.6. The lowest BCUT2D eigenvalue weighted by Crippen LogP contribution is -2.49. The molecule has 254 valence electrons. The van der Waals surface area contributed by atoms with Gasteiger partial charge in [-0.05, 0) is 25.7 Å². The Morgan fingerprint density at radius 2 is 0.860 bits per heavy atom. The highest BCUT2D eigenvalue weighted by atomic mass is 16.4. The van der Waals surface area contributed by atoms with Crippen molar-refractivity contribution in [3.63, 3.8) is 0 Å². The standard InChI is InChI=1S/C37H72N2O4/c1-4-7-10-13-16-19-20-23-26-29-35(40)38-34(30-31-36(41)42)37(43)39(32-27-24-21-17-14-11-8-5-2)33-28-25-22-18-15-12-9-6-3/h34H,4-33H2,1-3H3,(H,38,40)(H,41,42). The second kappa shape index (κ2) is 31.8. The molecule has 43 heavy (non-hydrogen) atoms. The molecule has 0 spiro atoms. The Balaban J connectivity index is 4.84. The van der Waals surface area contributed by atoms with Crippen LogP contribution in [-0.4, -0.2) is 46.9 Å². The maximum Gasteiger partial charge on any atom is 0.303 e. The average molecular weight is 609 g/mol. The fourth-order valence-corrected chi connectivity index (χ4v) is 5.81. The van der Waals surface area contributed by atoms with Gasteiger partial charge in [-0.3, -0.25) is 14.4 Å². The first-order chi connectivity index (χ1) is 21.0. The summed E-state index contributed by atoms with van der Waals surface area (Å²) in [4.78, 5) is 39.8. The Morgan fingerprint density at radius 3 is 1.23 bits per heavy atom. The van der Waals surface area contributed by atoms with Gasteiger partial charge in [-0.2, -0.15) is 0 Å². The molecule has 0 aromatic carbocycles. The summed E-state index contributed by atoms with van der Waals surface area (Å²) in [5, 5.41) is 12.3. The van der Waals surface area contributed by atoms with Crippen molar-refractivity contribution in [2.24, 2.45) is 0 Å². The molecule has 0 radical (unpaired) electrons. The van der Waals surface area contributed by atoms with E-state index in [1.54, 1.807) is 0 Å². The molecule has 0 aromatic rings. The van der Waals surface area contributed by atoms with Gasteiger partial charge in [0.05, 0.1) is 0 Å². The molecule has 0 saturated heterocycles. The molecule has 1 unspecified atom stereocenters. The third kappa shape index (κ3) is 27.7. The van der Waals surface area contributed by atoms with E-state index in [-0.39, 0.29) is 24.7 Å². The smallest absolute Gasteiger partial charge is 0.303 e. The van der Waals surface area contributed by atoms with Gasteiger partial charge < -0.3 is 15.3 Å². The van der Waals surface area contributed by atoms with Gasteiger partial charge in [0.2, 0.25) is 11.8 Å². The third-order valence-corrected chi connectivity index (χ3v) is 8.66. The van der Waals surface area contributed by atoms with E-state index >= 15 is 0 Å². The Morgan fingerprint density at radius 1 is 0.512 bits per heavy atom. The summed E-state index contributed by atoms with van der Waals surface area (Å²) < 4.78 is 0. The lowest BCUT2D eigenvalue weighted by Gasteiger charge is -2.28. The summed E-state index contributed by atoms with van der Waals surface area (Å²) in [5.74, 6) is -1.14. The summed E-state index contributed by atoms with van der Waals surface area (Å²) >= 11 is 0. The van der Waals surface area contributed by atoms with E-state index in [0.717, 1.165) is 44.9 Å². The molecule has 1 atom stereocenters. The second-order valence-corrected chi connectivity index (χ2v) is 12.9. The van der Waals surface area contributed by atoms with Crippen LogP contribution in [0, 0.1) is 0 Å². The molecule has 0 fully saturated rings. The quantitative estimate of drug-likeness (QED) is 0.0726.